The van der Waals surface area contributed by atoms with E-state index in [1.54, 1.807) is 0 Å². The number of hydrogen-bond donors (Lipinski definition) is 2. The Hall–Kier alpha value is -1.81. The largest absolute Gasteiger partial charge is 0.345 e. The molecule has 6 nitrogen and oxygen atoms in total. The number of nitrogens with one attached hydrogen (secondary N) is 1. The molecule has 0 saturated heterocycles. The van der Waals surface area contributed by atoms with Gasteiger partial charge in [0.15, 0.2) is 0 Å². The van der Waals surface area contributed by atoms with E-state index in [4.69, 9.17) is 5.14 Å². The summed E-state index contributed by atoms with van der Waals surface area (Å²) in [6.07, 6.45) is 0. The lowest BCUT2D eigenvalue weighted by atomic mass is 10.3. The first-order chi connectivity index (χ1) is 10.4. The van der Waals surface area contributed by atoms with Crippen LogP contribution < -0.4 is 10.5 Å². The van der Waals surface area contributed by atoms with Gasteiger partial charge in [0, 0.05) is 5.38 Å². The van der Waals surface area contributed by atoms with Gasteiger partial charge in [-0.3, -0.25) is 4.79 Å². The molecular weight excluding hydrogens is 342 g/mol. The highest BCUT2D eigenvalue weighted by Crippen LogP contribution is 2.22. The molecule has 0 bridgehead atoms. The van der Waals surface area contributed by atoms with Crippen LogP contribution in [0.2, 0.25) is 0 Å². The molecule has 0 aliphatic rings. The van der Waals surface area contributed by atoms with Crippen LogP contribution in [0.25, 0.3) is 10.2 Å². The highest BCUT2D eigenvalue weighted by Gasteiger charge is 2.15. The molecule has 0 aliphatic carbocycles. The van der Waals surface area contributed by atoms with Crippen molar-refractivity contribution in [3.8, 4) is 0 Å². The van der Waals surface area contributed by atoms with Gasteiger partial charge in [0.1, 0.15) is 9.22 Å². The van der Waals surface area contributed by atoms with Crippen LogP contribution in [0, 0.1) is 0 Å². The van der Waals surface area contributed by atoms with E-state index in [1.807, 2.05) is 24.3 Å². The fraction of sp³-hybridized carbons (Fsp3) is 0.0769. The Kier molecular flexibility index (Phi) is 3.96. The first kappa shape index (κ1) is 15.1. The summed E-state index contributed by atoms with van der Waals surface area (Å²) in [5, 5.41) is 10.00. The third-order valence-corrected chi connectivity index (χ3v) is 6.28. The number of nitrogens with two attached hydrogens (primary N) is 1. The van der Waals surface area contributed by atoms with E-state index in [0.29, 0.717) is 6.54 Å². The van der Waals surface area contributed by atoms with Gasteiger partial charge in [-0.25, -0.2) is 18.5 Å². The van der Waals surface area contributed by atoms with Gasteiger partial charge in [0.05, 0.1) is 22.3 Å². The summed E-state index contributed by atoms with van der Waals surface area (Å²) in [7, 11) is -3.77. The molecular formula is C13H11N3O3S3. The van der Waals surface area contributed by atoms with E-state index >= 15 is 0 Å². The molecule has 22 heavy (non-hydrogen) atoms. The maximum absolute atomic E-state index is 12.0. The Balaban J connectivity index is 1.70. The SMILES string of the molecule is NS(=O)(=O)c1cc(C(=O)NCc2nc3ccccc3s2)cs1. The summed E-state index contributed by atoms with van der Waals surface area (Å²) >= 11 is 2.43. The lowest BCUT2D eigenvalue weighted by molar-refractivity contribution is 0.0951. The number of thiophene rings is 1. The standard InChI is InChI=1S/C13H11N3O3S3/c14-22(18,19)12-5-8(7-20-12)13(17)15-6-11-16-9-3-1-2-4-10(9)21-11/h1-5,7H,6H2,(H,15,17)(H2,14,18,19). The average Bonchev–Trinajstić information content (AvgIpc) is 3.10. The van der Waals surface area contributed by atoms with Crippen LogP contribution in [0.4, 0.5) is 0 Å². The van der Waals surface area contributed by atoms with Crippen molar-refractivity contribution in [2.45, 2.75) is 10.8 Å². The van der Waals surface area contributed by atoms with Crippen molar-refractivity contribution in [3.05, 3.63) is 46.3 Å². The monoisotopic (exact) mass is 353 g/mol. The maximum atomic E-state index is 12.0. The van der Waals surface area contributed by atoms with Crippen molar-refractivity contribution in [3.63, 3.8) is 0 Å². The van der Waals surface area contributed by atoms with Crippen LogP contribution >= 0.6 is 22.7 Å². The van der Waals surface area contributed by atoms with E-state index in [9.17, 15) is 13.2 Å². The minimum atomic E-state index is -3.77. The number of carbonyl (C=O) groups excluding carboxylic acids is 1. The molecule has 3 aromatic rings. The maximum Gasteiger partial charge on any atom is 0.252 e. The Bertz CT molecular complexity index is 911. The van der Waals surface area contributed by atoms with Crippen LogP contribution in [-0.4, -0.2) is 19.3 Å². The number of hydrogen-bond acceptors (Lipinski definition) is 6. The normalized spacial score (nSPS) is 11.7. The van der Waals surface area contributed by atoms with E-state index in [-0.39, 0.29) is 15.7 Å². The molecule has 9 heteroatoms. The number of thiazole rings is 1. The molecule has 1 amide bonds. The Labute approximate surface area is 134 Å². The zero-order valence-electron chi connectivity index (χ0n) is 11.1. The fourth-order valence-electron chi connectivity index (χ4n) is 1.84. The van der Waals surface area contributed by atoms with E-state index < -0.39 is 10.0 Å². The van der Waals surface area contributed by atoms with E-state index in [2.05, 4.69) is 10.3 Å². The lowest BCUT2D eigenvalue weighted by Gasteiger charge is -2.00. The smallest absolute Gasteiger partial charge is 0.252 e. The minimum Gasteiger partial charge on any atom is -0.345 e. The second kappa shape index (κ2) is 5.76. The highest BCUT2D eigenvalue weighted by molar-refractivity contribution is 7.91. The van der Waals surface area contributed by atoms with Crippen LogP contribution in [0.15, 0.2) is 39.9 Å². The van der Waals surface area contributed by atoms with Crippen molar-refractivity contribution in [2.24, 2.45) is 5.14 Å². The molecule has 0 atom stereocenters. The number of nitrogens with zero attached hydrogens (tertiary/aromatic N) is 1. The van der Waals surface area contributed by atoms with Crippen LogP contribution in [0.5, 0.6) is 0 Å². The molecule has 1 aromatic carbocycles. The van der Waals surface area contributed by atoms with Gasteiger partial charge in [-0.15, -0.1) is 22.7 Å². The number of carbonyl (C=O) groups is 1. The molecule has 114 valence electrons. The van der Waals surface area contributed by atoms with Gasteiger partial charge in [0.25, 0.3) is 5.91 Å². The Morgan fingerprint density at radius 2 is 2.09 bits per heavy atom. The minimum absolute atomic E-state index is 0.0300. The molecule has 0 radical (unpaired) electrons. The predicted molar refractivity (Wildman–Crippen MR) is 86.5 cm³/mol. The molecule has 3 rings (SSSR count). The third-order valence-electron chi connectivity index (χ3n) is 2.86. The molecule has 0 spiro atoms. The fourth-order valence-corrected chi connectivity index (χ4v) is 4.33. The number of para-hydroxylation sites is 1. The van der Waals surface area contributed by atoms with Crippen LogP contribution in [-0.2, 0) is 16.6 Å². The second-order valence-electron chi connectivity index (χ2n) is 4.46. The zero-order chi connectivity index (χ0) is 15.7. The first-order valence-electron chi connectivity index (χ1n) is 6.17. The summed E-state index contributed by atoms with van der Waals surface area (Å²) in [4.78, 5) is 16.4. The molecule has 0 unspecified atom stereocenters. The topological polar surface area (TPSA) is 102 Å². The van der Waals surface area contributed by atoms with Gasteiger partial charge >= 0.3 is 0 Å². The molecule has 2 aromatic heterocycles. The zero-order valence-corrected chi connectivity index (χ0v) is 13.6. The van der Waals surface area contributed by atoms with Gasteiger partial charge in [0.2, 0.25) is 10.0 Å². The molecule has 2 heterocycles. The van der Waals surface area contributed by atoms with Gasteiger partial charge in [-0.2, -0.15) is 0 Å². The highest BCUT2D eigenvalue weighted by atomic mass is 32.2. The van der Waals surface area contributed by atoms with Crippen molar-refractivity contribution in [1.29, 1.82) is 0 Å². The van der Waals surface area contributed by atoms with Crippen molar-refractivity contribution < 1.29 is 13.2 Å². The average molecular weight is 353 g/mol. The number of benzene rings is 1. The summed E-state index contributed by atoms with van der Waals surface area (Å²) in [6.45, 7) is 0.290. The lowest BCUT2D eigenvalue weighted by Crippen LogP contribution is -2.22. The molecule has 3 N–H and O–H groups in total. The second-order valence-corrected chi connectivity index (χ2v) is 8.27. The van der Waals surface area contributed by atoms with Gasteiger partial charge in [-0.1, -0.05) is 12.1 Å². The number of rotatable bonds is 4. The van der Waals surface area contributed by atoms with Gasteiger partial charge in [-0.05, 0) is 18.2 Å². The molecule has 0 saturated carbocycles. The number of sulfonamides is 1. The summed E-state index contributed by atoms with van der Waals surface area (Å²) in [5.74, 6) is -0.356. The number of fused-ring (bicyclic) bond motifs is 1. The molecule has 0 fully saturated rings. The molecule has 0 aliphatic heterocycles. The van der Waals surface area contributed by atoms with Gasteiger partial charge < -0.3 is 5.32 Å². The first-order valence-corrected chi connectivity index (χ1v) is 9.42. The Morgan fingerprint density at radius 1 is 1.32 bits per heavy atom. The number of aromatic nitrogens is 1. The van der Waals surface area contributed by atoms with Crippen molar-refractivity contribution in [2.75, 3.05) is 0 Å². The van der Waals surface area contributed by atoms with E-state index in [1.165, 1.54) is 22.8 Å². The van der Waals surface area contributed by atoms with Crippen molar-refractivity contribution in [1.82, 2.24) is 10.3 Å². The number of primary sulfonamides is 1. The van der Waals surface area contributed by atoms with Crippen LogP contribution in [0.1, 0.15) is 15.4 Å². The Morgan fingerprint density at radius 3 is 2.77 bits per heavy atom. The third kappa shape index (κ3) is 3.17. The summed E-state index contributed by atoms with van der Waals surface area (Å²) in [6, 6.07) is 8.99. The van der Waals surface area contributed by atoms with Crippen molar-refractivity contribution >= 4 is 48.8 Å². The quantitative estimate of drug-likeness (QED) is 0.748. The van der Waals surface area contributed by atoms with Crippen LogP contribution in [0.3, 0.4) is 0 Å². The summed E-state index contributed by atoms with van der Waals surface area (Å²) < 4.78 is 23.4. The predicted octanol–water partition coefficient (Wildman–Crippen LogP) is 1.94. The number of amides is 1. The summed E-state index contributed by atoms with van der Waals surface area (Å²) in [5.41, 5.74) is 1.17. The van der Waals surface area contributed by atoms with E-state index in [0.717, 1.165) is 26.6 Å².